The maximum Gasteiger partial charge on any atom is 0.276 e. The molecule has 7 nitrogen and oxygen atoms in total. The number of aliphatic hydroxyl groups is 1. The van der Waals surface area contributed by atoms with E-state index >= 15 is 0 Å². The minimum atomic E-state index is -0.431. The van der Waals surface area contributed by atoms with Crippen molar-refractivity contribution >= 4 is 17.3 Å². The van der Waals surface area contributed by atoms with Gasteiger partial charge in [-0.15, -0.1) is 0 Å². The molecule has 7 heteroatoms. The van der Waals surface area contributed by atoms with Crippen molar-refractivity contribution in [2.75, 3.05) is 17.2 Å². The topological polar surface area (TPSA) is 100 Å². The van der Waals surface area contributed by atoms with Crippen LogP contribution >= 0.6 is 0 Å². The first-order valence-corrected chi connectivity index (χ1v) is 6.43. The van der Waals surface area contributed by atoms with Gasteiger partial charge in [-0.1, -0.05) is 6.92 Å². The summed E-state index contributed by atoms with van der Waals surface area (Å²) in [6, 6.07) is 2.99. The number of hydrogen-bond acceptors (Lipinski definition) is 6. The molecule has 0 bridgehead atoms. The molecule has 1 aliphatic rings. The third-order valence-corrected chi connectivity index (χ3v) is 3.04. The second-order valence-corrected chi connectivity index (χ2v) is 4.75. The predicted molar refractivity (Wildman–Crippen MR) is 72.3 cm³/mol. The van der Waals surface area contributed by atoms with Crippen LogP contribution in [0.25, 0.3) is 0 Å². The van der Waals surface area contributed by atoms with Gasteiger partial charge in [-0.3, -0.25) is 10.1 Å². The van der Waals surface area contributed by atoms with Gasteiger partial charge in [-0.05, 0) is 19.3 Å². The molecule has 0 amide bonds. The van der Waals surface area contributed by atoms with Crippen LogP contribution in [0, 0.1) is 10.1 Å². The average Bonchev–Trinajstić information content (AvgIpc) is 2.34. The van der Waals surface area contributed by atoms with E-state index in [4.69, 9.17) is 0 Å². The highest BCUT2D eigenvalue weighted by atomic mass is 16.6. The first-order valence-electron chi connectivity index (χ1n) is 6.43. The highest BCUT2D eigenvalue weighted by Crippen LogP contribution is 2.26. The molecule has 1 aromatic heterocycles. The third kappa shape index (κ3) is 3.54. The largest absolute Gasteiger partial charge is 0.393 e. The van der Waals surface area contributed by atoms with Crippen LogP contribution in [-0.2, 0) is 0 Å². The lowest BCUT2D eigenvalue weighted by molar-refractivity contribution is -0.384. The van der Waals surface area contributed by atoms with E-state index in [1.807, 2.05) is 6.92 Å². The van der Waals surface area contributed by atoms with Crippen molar-refractivity contribution in [2.24, 2.45) is 0 Å². The fourth-order valence-electron chi connectivity index (χ4n) is 1.95. The second kappa shape index (κ2) is 5.83. The van der Waals surface area contributed by atoms with Crippen LogP contribution in [0.5, 0.6) is 0 Å². The van der Waals surface area contributed by atoms with Crippen molar-refractivity contribution in [1.82, 2.24) is 4.98 Å². The van der Waals surface area contributed by atoms with Crippen molar-refractivity contribution in [1.29, 1.82) is 0 Å². The Hall–Kier alpha value is -1.89. The molecule has 19 heavy (non-hydrogen) atoms. The van der Waals surface area contributed by atoms with E-state index < -0.39 is 4.92 Å². The molecular formula is C12H18N4O3. The minimum Gasteiger partial charge on any atom is -0.393 e. The van der Waals surface area contributed by atoms with E-state index in [9.17, 15) is 15.2 Å². The lowest BCUT2D eigenvalue weighted by Crippen LogP contribution is -2.39. The Bertz CT molecular complexity index is 460. The number of aromatic nitrogens is 1. The van der Waals surface area contributed by atoms with Crippen molar-refractivity contribution in [3.05, 3.63) is 22.2 Å². The number of hydrogen-bond donors (Lipinski definition) is 3. The molecule has 1 fully saturated rings. The second-order valence-electron chi connectivity index (χ2n) is 4.75. The Balaban J connectivity index is 2.11. The Morgan fingerprint density at radius 1 is 1.47 bits per heavy atom. The summed E-state index contributed by atoms with van der Waals surface area (Å²) >= 11 is 0. The number of nitro groups is 1. The van der Waals surface area contributed by atoms with Gasteiger partial charge in [0.15, 0.2) is 0 Å². The summed E-state index contributed by atoms with van der Waals surface area (Å²) in [6.07, 6.45) is 1.96. The number of nitrogens with zero attached hydrogens (tertiary/aromatic N) is 2. The summed E-state index contributed by atoms with van der Waals surface area (Å²) in [5.41, 5.74) is 0.0102. The van der Waals surface area contributed by atoms with Crippen molar-refractivity contribution < 1.29 is 10.0 Å². The van der Waals surface area contributed by atoms with Crippen LogP contribution in [0.3, 0.4) is 0 Å². The number of pyridine rings is 1. The zero-order valence-electron chi connectivity index (χ0n) is 10.8. The maximum atomic E-state index is 10.9. The van der Waals surface area contributed by atoms with E-state index in [0.29, 0.717) is 24.5 Å². The van der Waals surface area contributed by atoms with Gasteiger partial charge in [0.05, 0.1) is 23.2 Å². The fraction of sp³-hybridized carbons (Fsp3) is 0.583. The Kier molecular flexibility index (Phi) is 4.16. The summed E-state index contributed by atoms with van der Waals surface area (Å²) in [4.78, 5) is 14.7. The lowest BCUT2D eigenvalue weighted by Gasteiger charge is -2.32. The SMILES string of the molecule is CCCNc1cc([N+](=O)[O-])cc(NC2CC(O)C2)n1. The first kappa shape index (κ1) is 13.5. The molecule has 2 rings (SSSR count). The third-order valence-electron chi connectivity index (χ3n) is 3.04. The summed E-state index contributed by atoms with van der Waals surface area (Å²) in [7, 11) is 0. The van der Waals surface area contributed by atoms with E-state index in [1.54, 1.807) is 0 Å². The molecule has 1 saturated carbocycles. The molecular weight excluding hydrogens is 248 g/mol. The molecule has 0 saturated heterocycles. The van der Waals surface area contributed by atoms with Gasteiger partial charge in [0.25, 0.3) is 5.69 Å². The molecule has 0 aliphatic heterocycles. The molecule has 1 aliphatic carbocycles. The van der Waals surface area contributed by atoms with Gasteiger partial charge in [0.1, 0.15) is 11.6 Å². The quantitative estimate of drug-likeness (QED) is 0.535. The Morgan fingerprint density at radius 2 is 2.16 bits per heavy atom. The highest BCUT2D eigenvalue weighted by molar-refractivity contribution is 5.55. The van der Waals surface area contributed by atoms with E-state index in [2.05, 4.69) is 15.6 Å². The summed E-state index contributed by atoms with van der Waals surface area (Å²) < 4.78 is 0. The van der Waals surface area contributed by atoms with Gasteiger partial charge in [0, 0.05) is 12.6 Å². The first-order chi connectivity index (χ1) is 9.08. The van der Waals surface area contributed by atoms with E-state index in [0.717, 1.165) is 13.0 Å². The molecule has 0 radical (unpaired) electrons. The fourth-order valence-corrected chi connectivity index (χ4v) is 1.95. The maximum absolute atomic E-state index is 10.9. The minimum absolute atomic E-state index is 0.0102. The zero-order valence-corrected chi connectivity index (χ0v) is 10.8. The van der Waals surface area contributed by atoms with Gasteiger partial charge >= 0.3 is 0 Å². The smallest absolute Gasteiger partial charge is 0.276 e. The van der Waals surface area contributed by atoms with Crippen molar-refractivity contribution in [3.8, 4) is 0 Å². The van der Waals surface area contributed by atoms with Gasteiger partial charge < -0.3 is 15.7 Å². The van der Waals surface area contributed by atoms with E-state index in [1.165, 1.54) is 12.1 Å². The predicted octanol–water partition coefficient (Wildman–Crippen LogP) is 1.75. The molecule has 0 unspecified atom stereocenters. The number of anilines is 2. The molecule has 0 spiro atoms. The summed E-state index contributed by atoms with van der Waals surface area (Å²) in [5, 5.41) is 26.3. The van der Waals surface area contributed by atoms with Crippen LogP contribution in [0.15, 0.2) is 12.1 Å². The normalized spacial score (nSPS) is 21.6. The average molecular weight is 266 g/mol. The molecule has 1 heterocycles. The van der Waals surface area contributed by atoms with Crippen LogP contribution in [0.4, 0.5) is 17.3 Å². The molecule has 0 atom stereocenters. The Labute approximate surface area is 111 Å². The number of aliphatic hydroxyl groups excluding tert-OH is 1. The number of nitrogens with one attached hydrogen (secondary N) is 2. The molecule has 1 aromatic rings. The summed E-state index contributed by atoms with van der Waals surface area (Å²) in [5.74, 6) is 0.975. The van der Waals surface area contributed by atoms with E-state index in [-0.39, 0.29) is 17.8 Å². The van der Waals surface area contributed by atoms with Crippen LogP contribution in [-0.4, -0.2) is 33.7 Å². The van der Waals surface area contributed by atoms with Gasteiger partial charge in [-0.25, -0.2) is 4.98 Å². The highest BCUT2D eigenvalue weighted by Gasteiger charge is 2.27. The van der Waals surface area contributed by atoms with Gasteiger partial charge in [0.2, 0.25) is 0 Å². The standard InChI is InChI=1S/C12H18N4O3/c1-2-3-13-11-6-9(16(18)19)7-12(15-11)14-8-4-10(17)5-8/h6-8,10,17H,2-5H2,1H3,(H2,13,14,15). The Morgan fingerprint density at radius 3 is 2.74 bits per heavy atom. The molecule has 0 aromatic carbocycles. The van der Waals surface area contributed by atoms with Crippen molar-refractivity contribution in [3.63, 3.8) is 0 Å². The summed E-state index contributed by atoms with van der Waals surface area (Å²) in [6.45, 7) is 2.73. The zero-order chi connectivity index (χ0) is 13.8. The van der Waals surface area contributed by atoms with Gasteiger partial charge in [-0.2, -0.15) is 0 Å². The van der Waals surface area contributed by atoms with Crippen LogP contribution in [0.2, 0.25) is 0 Å². The number of rotatable bonds is 6. The lowest BCUT2D eigenvalue weighted by atomic mass is 9.89. The van der Waals surface area contributed by atoms with Crippen LogP contribution < -0.4 is 10.6 Å². The van der Waals surface area contributed by atoms with Crippen molar-refractivity contribution in [2.45, 2.75) is 38.3 Å². The molecule has 104 valence electrons. The van der Waals surface area contributed by atoms with Crippen LogP contribution in [0.1, 0.15) is 26.2 Å². The monoisotopic (exact) mass is 266 g/mol. The molecule has 3 N–H and O–H groups in total.